The summed E-state index contributed by atoms with van der Waals surface area (Å²) >= 11 is 6.78. The number of aromatic nitrogens is 6. The number of rotatable bonds is 5. The summed E-state index contributed by atoms with van der Waals surface area (Å²) in [6.45, 7) is 0.548. The van der Waals surface area contributed by atoms with E-state index in [9.17, 15) is 18.0 Å². The molecule has 0 bridgehead atoms. The zero-order valence-corrected chi connectivity index (χ0v) is 19.2. The largest absolute Gasteiger partial charge is 0.347 e. The molecule has 34 heavy (non-hydrogen) atoms. The highest BCUT2D eigenvalue weighted by Gasteiger charge is 2.28. The maximum atomic E-state index is 13.2. The Balaban J connectivity index is 1.34. The Kier molecular flexibility index (Phi) is 5.86. The second kappa shape index (κ2) is 8.84. The zero-order valence-electron chi connectivity index (χ0n) is 17.7. The Morgan fingerprint density at radius 3 is 2.74 bits per heavy atom. The first-order valence-corrected chi connectivity index (χ1v) is 11.5. The SMILES string of the molecule is Cn1ncc(-c2nc(C(F)F)c(Cl)s2)c1C(=O)NC1CCn2nc(-c3ccc(F)cc3)nc2C1. The van der Waals surface area contributed by atoms with E-state index in [2.05, 4.69) is 25.5 Å². The number of fused-ring (bicyclic) bond motifs is 1. The molecule has 4 aromatic rings. The molecule has 4 heterocycles. The highest BCUT2D eigenvalue weighted by molar-refractivity contribution is 7.19. The number of benzene rings is 1. The van der Waals surface area contributed by atoms with Crippen molar-refractivity contribution in [1.29, 1.82) is 0 Å². The van der Waals surface area contributed by atoms with Gasteiger partial charge >= 0.3 is 0 Å². The van der Waals surface area contributed by atoms with Crippen molar-refractivity contribution in [2.45, 2.75) is 31.9 Å². The molecule has 1 aliphatic heterocycles. The van der Waals surface area contributed by atoms with E-state index in [-0.39, 0.29) is 26.9 Å². The van der Waals surface area contributed by atoms with Crippen LogP contribution in [0.1, 0.15) is 34.9 Å². The first-order chi connectivity index (χ1) is 16.3. The molecule has 0 saturated carbocycles. The second-order valence-corrected chi connectivity index (χ2v) is 9.36. The molecule has 1 aliphatic rings. The van der Waals surface area contributed by atoms with Gasteiger partial charge in [0.1, 0.15) is 32.4 Å². The summed E-state index contributed by atoms with van der Waals surface area (Å²) < 4.78 is 42.5. The third-order valence-electron chi connectivity index (χ3n) is 5.50. The number of amides is 1. The fraction of sp³-hybridized carbons (Fsp3) is 0.286. The number of hydrogen-bond donors (Lipinski definition) is 1. The number of nitrogens with zero attached hydrogens (tertiary/aromatic N) is 6. The molecule has 0 radical (unpaired) electrons. The van der Waals surface area contributed by atoms with Crippen LogP contribution in [0.4, 0.5) is 13.2 Å². The number of nitrogens with one attached hydrogen (secondary N) is 1. The fourth-order valence-electron chi connectivity index (χ4n) is 3.83. The molecule has 1 unspecified atom stereocenters. The molecule has 3 aromatic heterocycles. The van der Waals surface area contributed by atoms with Crippen molar-refractivity contribution in [1.82, 2.24) is 34.8 Å². The van der Waals surface area contributed by atoms with Gasteiger partial charge < -0.3 is 5.32 Å². The summed E-state index contributed by atoms with van der Waals surface area (Å²) in [6, 6.07) is 5.71. The van der Waals surface area contributed by atoms with E-state index in [1.54, 1.807) is 23.9 Å². The average molecular weight is 508 g/mol. The van der Waals surface area contributed by atoms with Crippen molar-refractivity contribution in [3.05, 3.63) is 57.8 Å². The third-order valence-corrected chi connectivity index (χ3v) is 6.82. The van der Waals surface area contributed by atoms with Crippen LogP contribution in [0.3, 0.4) is 0 Å². The minimum absolute atomic E-state index is 0.121. The van der Waals surface area contributed by atoms with Gasteiger partial charge in [-0.05, 0) is 30.7 Å². The van der Waals surface area contributed by atoms with E-state index < -0.39 is 18.0 Å². The molecule has 0 spiro atoms. The smallest absolute Gasteiger partial charge is 0.282 e. The molecule has 0 fully saturated rings. The molecule has 1 atom stereocenters. The van der Waals surface area contributed by atoms with Crippen molar-refractivity contribution in [2.24, 2.45) is 7.05 Å². The molecule has 0 aliphatic carbocycles. The lowest BCUT2D eigenvalue weighted by atomic mass is 10.1. The summed E-state index contributed by atoms with van der Waals surface area (Å²) in [4.78, 5) is 21.6. The van der Waals surface area contributed by atoms with E-state index in [0.717, 1.165) is 11.3 Å². The molecule has 5 rings (SSSR count). The number of thiazole rings is 1. The van der Waals surface area contributed by atoms with Gasteiger partial charge in [0.05, 0.1) is 11.8 Å². The predicted molar refractivity (Wildman–Crippen MR) is 119 cm³/mol. The van der Waals surface area contributed by atoms with Crippen LogP contribution in [0.2, 0.25) is 4.34 Å². The number of aryl methyl sites for hydroxylation is 2. The van der Waals surface area contributed by atoms with Gasteiger partial charge in [-0.3, -0.25) is 9.48 Å². The Hall–Kier alpha value is -3.25. The quantitative estimate of drug-likeness (QED) is 0.435. The number of halogens is 4. The van der Waals surface area contributed by atoms with Crippen LogP contribution >= 0.6 is 22.9 Å². The Morgan fingerprint density at radius 2 is 2.03 bits per heavy atom. The van der Waals surface area contributed by atoms with Crippen molar-refractivity contribution >= 4 is 28.8 Å². The average Bonchev–Trinajstić information content (AvgIpc) is 3.50. The van der Waals surface area contributed by atoms with Crippen LogP contribution in [0.5, 0.6) is 0 Å². The molecule has 13 heteroatoms. The fourth-order valence-corrected chi connectivity index (χ4v) is 4.99. The van der Waals surface area contributed by atoms with E-state index >= 15 is 0 Å². The predicted octanol–water partition coefficient (Wildman–Crippen LogP) is 4.28. The number of hydrogen-bond acceptors (Lipinski definition) is 6. The van der Waals surface area contributed by atoms with Gasteiger partial charge in [-0.2, -0.15) is 10.2 Å². The van der Waals surface area contributed by atoms with Gasteiger partial charge in [0.2, 0.25) is 0 Å². The standard InChI is InChI=1S/C21H17ClF3N7OS/c1-31-16(13(9-26-31)21-29-15(18(24)25)17(22)34-21)20(33)27-12-6-7-32-14(8-12)28-19(30-32)10-2-4-11(23)5-3-10/h2-5,9,12,18H,6-8H2,1H3,(H,27,33). The van der Waals surface area contributed by atoms with Gasteiger partial charge in [-0.25, -0.2) is 27.8 Å². The third kappa shape index (κ3) is 4.18. The Bertz CT molecular complexity index is 1370. The van der Waals surface area contributed by atoms with Crippen LogP contribution in [-0.4, -0.2) is 41.5 Å². The zero-order chi connectivity index (χ0) is 24.0. The van der Waals surface area contributed by atoms with Gasteiger partial charge in [0.15, 0.2) is 5.82 Å². The summed E-state index contributed by atoms with van der Waals surface area (Å²) in [5.74, 6) is 0.452. The van der Waals surface area contributed by atoms with Gasteiger partial charge in [-0.1, -0.05) is 11.6 Å². The topological polar surface area (TPSA) is 90.5 Å². The van der Waals surface area contributed by atoms with E-state index in [4.69, 9.17) is 11.6 Å². The normalized spacial score (nSPS) is 15.5. The summed E-state index contributed by atoms with van der Waals surface area (Å²) in [5.41, 5.74) is 0.718. The lowest BCUT2D eigenvalue weighted by Gasteiger charge is -2.23. The lowest BCUT2D eigenvalue weighted by Crippen LogP contribution is -2.41. The minimum Gasteiger partial charge on any atom is -0.347 e. The number of carbonyl (C=O) groups is 1. The Morgan fingerprint density at radius 1 is 1.26 bits per heavy atom. The highest BCUT2D eigenvalue weighted by Crippen LogP contribution is 2.37. The first-order valence-electron chi connectivity index (χ1n) is 10.3. The van der Waals surface area contributed by atoms with E-state index in [1.807, 2.05) is 0 Å². The highest BCUT2D eigenvalue weighted by atomic mass is 35.5. The van der Waals surface area contributed by atoms with Crippen LogP contribution in [0.25, 0.3) is 22.0 Å². The van der Waals surface area contributed by atoms with Crippen LogP contribution in [-0.2, 0) is 20.0 Å². The van der Waals surface area contributed by atoms with E-state index in [0.29, 0.717) is 42.2 Å². The van der Waals surface area contributed by atoms with Crippen molar-refractivity contribution < 1.29 is 18.0 Å². The number of carbonyl (C=O) groups excluding carboxylic acids is 1. The molecule has 0 saturated heterocycles. The maximum absolute atomic E-state index is 13.2. The molecule has 8 nitrogen and oxygen atoms in total. The van der Waals surface area contributed by atoms with Crippen molar-refractivity contribution in [2.75, 3.05) is 0 Å². The summed E-state index contributed by atoms with van der Waals surface area (Å²) in [7, 11) is 1.59. The molecule has 1 aromatic carbocycles. The van der Waals surface area contributed by atoms with Crippen LogP contribution in [0.15, 0.2) is 30.5 Å². The molecular formula is C21H17ClF3N7OS. The lowest BCUT2D eigenvalue weighted by molar-refractivity contribution is 0.0921. The van der Waals surface area contributed by atoms with Gasteiger partial charge in [0.25, 0.3) is 12.3 Å². The Labute approximate surface area is 200 Å². The van der Waals surface area contributed by atoms with Crippen molar-refractivity contribution in [3.63, 3.8) is 0 Å². The van der Waals surface area contributed by atoms with Crippen LogP contribution < -0.4 is 5.32 Å². The van der Waals surface area contributed by atoms with Crippen LogP contribution in [0, 0.1) is 5.82 Å². The molecule has 176 valence electrons. The summed E-state index contributed by atoms with van der Waals surface area (Å²) in [5, 5.41) is 11.8. The second-order valence-electron chi connectivity index (χ2n) is 7.75. The van der Waals surface area contributed by atoms with Gasteiger partial charge in [-0.15, -0.1) is 11.3 Å². The summed E-state index contributed by atoms with van der Waals surface area (Å²) in [6.07, 6.45) is -0.334. The molecule has 1 N–H and O–H groups in total. The first kappa shape index (κ1) is 22.5. The van der Waals surface area contributed by atoms with Crippen molar-refractivity contribution in [3.8, 4) is 22.0 Å². The monoisotopic (exact) mass is 507 g/mol. The number of alkyl halides is 2. The molecule has 1 amide bonds. The maximum Gasteiger partial charge on any atom is 0.282 e. The molecular weight excluding hydrogens is 491 g/mol. The van der Waals surface area contributed by atoms with Gasteiger partial charge in [0, 0.05) is 31.6 Å². The van der Waals surface area contributed by atoms with E-state index in [1.165, 1.54) is 23.0 Å². The minimum atomic E-state index is -2.81.